The van der Waals surface area contributed by atoms with Crippen molar-refractivity contribution in [1.82, 2.24) is 9.97 Å². The molecule has 0 unspecified atom stereocenters. The van der Waals surface area contributed by atoms with Crippen molar-refractivity contribution in [2.45, 2.75) is 6.92 Å². The van der Waals surface area contributed by atoms with Gasteiger partial charge in [0.15, 0.2) is 0 Å². The number of halogens is 2. The molecule has 0 saturated carbocycles. The number of benzene rings is 1. The van der Waals surface area contributed by atoms with Gasteiger partial charge in [-0.05, 0) is 25.1 Å². The zero-order chi connectivity index (χ0) is 14.8. The van der Waals surface area contributed by atoms with Crippen LogP contribution < -0.4 is 5.32 Å². The van der Waals surface area contributed by atoms with Gasteiger partial charge in [0.25, 0.3) is 0 Å². The van der Waals surface area contributed by atoms with E-state index in [0.29, 0.717) is 21.6 Å². The second-order valence-corrected chi connectivity index (χ2v) is 5.37. The minimum Gasteiger partial charge on any atom is -0.369 e. The normalized spacial score (nSPS) is 10.8. The van der Waals surface area contributed by atoms with Crippen molar-refractivity contribution in [3.63, 3.8) is 0 Å². The van der Waals surface area contributed by atoms with Crippen molar-refractivity contribution in [2.24, 2.45) is 0 Å². The Morgan fingerprint density at radius 3 is 2.76 bits per heavy atom. The fraction of sp³-hybridized carbons (Fsp3) is 0.125. The van der Waals surface area contributed by atoms with Gasteiger partial charge in [0.05, 0.1) is 21.3 Å². The van der Waals surface area contributed by atoms with E-state index in [4.69, 9.17) is 23.2 Å². The maximum atomic E-state index is 6.34. The third-order valence-electron chi connectivity index (χ3n) is 3.17. The Bertz CT molecular complexity index is 797. The summed E-state index contributed by atoms with van der Waals surface area (Å²) in [6, 6.07) is 11.5. The van der Waals surface area contributed by atoms with Crippen LogP contribution in [0.4, 0.5) is 5.82 Å². The third kappa shape index (κ3) is 2.67. The molecule has 0 aliphatic carbocycles. The van der Waals surface area contributed by atoms with Crippen LogP contribution >= 0.6 is 23.2 Å². The molecule has 0 atom stereocenters. The van der Waals surface area contributed by atoms with Crippen LogP contribution in [0.3, 0.4) is 0 Å². The van der Waals surface area contributed by atoms with Crippen LogP contribution in [-0.2, 0) is 0 Å². The molecular formula is C16H13Cl2N3. The van der Waals surface area contributed by atoms with Gasteiger partial charge in [0.1, 0.15) is 5.82 Å². The Balaban J connectivity index is 2.25. The smallest absolute Gasteiger partial charge is 0.145 e. The first-order chi connectivity index (χ1) is 10.2. The van der Waals surface area contributed by atoms with Gasteiger partial charge in [-0.1, -0.05) is 41.4 Å². The summed E-state index contributed by atoms with van der Waals surface area (Å²) in [5.41, 5.74) is 2.56. The molecule has 0 fully saturated rings. The van der Waals surface area contributed by atoms with E-state index in [2.05, 4.69) is 15.3 Å². The van der Waals surface area contributed by atoms with E-state index in [9.17, 15) is 0 Å². The van der Waals surface area contributed by atoms with E-state index < -0.39 is 0 Å². The molecule has 2 aromatic heterocycles. The largest absolute Gasteiger partial charge is 0.369 e. The van der Waals surface area contributed by atoms with E-state index in [1.54, 1.807) is 12.3 Å². The monoisotopic (exact) mass is 317 g/mol. The standard InChI is InChI=1S/C16H13Cl2N3/c1-2-19-16-13(18)9-12(17)15(21-16)11-5-3-7-14-10(11)6-4-8-20-14/h3-9H,2H2,1H3,(H,19,21). The van der Waals surface area contributed by atoms with Crippen LogP contribution in [0, 0.1) is 0 Å². The molecule has 0 bridgehead atoms. The summed E-state index contributed by atoms with van der Waals surface area (Å²) >= 11 is 12.5. The summed E-state index contributed by atoms with van der Waals surface area (Å²) in [7, 11) is 0. The minimum absolute atomic E-state index is 0.518. The van der Waals surface area contributed by atoms with Crippen molar-refractivity contribution in [3.8, 4) is 11.3 Å². The Morgan fingerprint density at radius 2 is 1.95 bits per heavy atom. The van der Waals surface area contributed by atoms with Gasteiger partial charge in [-0.2, -0.15) is 0 Å². The van der Waals surface area contributed by atoms with Crippen LogP contribution in [0.1, 0.15) is 6.92 Å². The number of hydrogen-bond donors (Lipinski definition) is 1. The van der Waals surface area contributed by atoms with Gasteiger partial charge in [-0.15, -0.1) is 0 Å². The molecule has 0 radical (unpaired) electrons. The molecule has 3 nitrogen and oxygen atoms in total. The van der Waals surface area contributed by atoms with Crippen molar-refractivity contribution < 1.29 is 0 Å². The Morgan fingerprint density at radius 1 is 1.10 bits per heavy atom. The maximum absolute atomic E-state index is 6.34. The molecule has 2 heterocycles. The third-order valence-corrected chi connectivity index (χ3v) is 3.75. The first kappa shape index (κ1) is 14.1. The van der Waals surface area contributed by atoms with Crippen LogP contribution in [-0.4, -0.2) is 16.5 Å². The highest BCUT2D eigenvalue weighted by Gasteiger charge is 2.13. The number of rotatable bonds is 3. The Kier molecular flexibility index (Phi) is 3.95. The number of fused-ring (bicyclic) bond motifs is 1. The average molecular weight is 318 g/mol. The van der Waals surface area contributed by atoms with Gasteiger partial charge in [0.2, 0.25) is 0 Å². The zero-order valence-electron chi connectivity index (χ0n) is 11.4. The van der Waals surface area contributed by atoms with Gasteiger partial charge in [-0.3, -0.25) is 4.98 Å². The van der Waals surface area contributed by atoms with Crippen LogP contribution in [0.2, 0.25) is 10.0 Å². The highest BCUT2D eigenvalue weighted by Crippen LogP contribution is 2.35. The average Bonchev–Trinajstić information content (AvgIpc) is 2.50. The van der Waals surface area contributed by atoms with Gasteiger partial charge in [-0.25, -0.2) is 4.98 Å². The molecule has 3 aromatic rings. The number of nitrogens with one attached hydrogen (secondary N) is 1. The Hall–Kier alpha value is -1.84. The molecule has 0 spiro atoms. The lowest BCUT2D eigenvalue weighted by Gasteiger charge is -2.11. The molecule has 0 amide bonds. The van der Waals surface area contributed by atoms with Crippen molar-refractivity contribution in [3.05, 3.63) is 52.6 Å². The van der Waals surface area contributed by atoms with E-state index in [1.807, 2.05) is 37.3 Å². The van der Waals surface area contributed by atoms with Gasteiger partial charge < -0.3 is 5.32 Å². The summed E-state index contributed by atoms with van der Waals surface area (Å²) < 4.78 is 0. The molecule has 0 aliphatic rings. The molecule has 3 rings (SSSR count). The summed E-state index contributed by atoms with van der Waals surface area (Å²) in [6.45, 7) is 2.74. The lowest BCUT2D eigenvalue weighted by molar-refractivity contribution is 1.16. The van der Waals surface area contributed by atoms with Gasteiger partial charge >= 0.3 is 0 Å². The fourth-order valence-electron chi connectivity index (χ4n) is 2.26. The van der Waals surface area contributed by atoms with Gasteiger partial charge in [0, 0.05) is 23.7 Å². The van der Waals surface area contributed by atoms with Crippen molar-refractivity contribution in [2.75, 3.05) is 11.9 Å². The van der Waals surface area contributed by atoms with E-state index >= 15 is 0 Å². The Labute approximate surface area is 132 Å². The summed E-state index contributed by atoms with van der Waals surface area (Å²) in [5.74, 6) is 0.638. The lowest BCUT2D eigenvalue weighted by Crippen LogP contribution is -2.01. The molecule has 0 aliphatic heterocycles. The second-order valence-electron chi connectivity index (χ2n) is 4.56. The van der Waals surface area contributed by atoms with Crippen molar-refractivity contribution in [1.29, 1.82) is 0 Å². The number of anilines is 1. The van der Waals surface area contributed by atoms with E-state index in [1.165, 1.54) is 0 Å². The second kappa shape index (κ2) is 5.88. The lowest BCUT2D eigenvalue weighted by atomic mass is 10.0. The van der Waals surface area contributed by atoms with Crippen LogP contribution in [0.25, 0.3) is 22.2 Å². The summed E-state index contributed by atoms with van der Waals surface area (Å²) in [6.07, 6.45) is 1.77. The van der Waals surface area contributed by atoms with Crippen LogP contribution in [0.5, 0.6) is 0 Å². The molecule has 0 saturated heterocycles. The number of nitrogens with zero attached hydrogens (tertiary/aromatic N) is 2. The minimum atomic E-state index is 0.518. The molecule has 106 valence electrons. The molecular weight excluding hydrogens is 305 g/mol. The summed E-state index contributed by atoms with van der Waals surface area (Å²) in [4.78, 5) is 8.94. The first-order valence-corrected chi connectivity index (χ1v) is 7.40. The number of aromatic nitrogens is 2. The fourth-order valence-corrected chi connectivity index (χ4v) is 2.78. The van der Waals surface area contributed by atoms with E-state index in [-0.39, 0.29) is 0 Å². The quantitative estimate of drug-likeness (QED) is 0.735. The molecule has 21 heavy (non-hydrogen) atoms. The van der Waals surface area contributed by atoms with E-state index in [0.717, 1.165) is 23.0 Å². The predicted octanol–water partition coefficient (Wildman–Crippen LogP) is 5.04. The SMILES string of the molecule is CCNc1nc(-c2cccc3ncccc23)c(Cl)cc1Cl. The van der Waals surface area contributed by atoms with Crippen LogP contribution in [0.15, 0.2) is 42.6 Å². The first-order valence-electron chi connectivity index (χ1n) is 6.64. The molecule has 1 aromatic carbocycles. The number of hydrogen-bond acceptors (Lipinski definition) is 3. The predicted molar refractivity (Wildman–Crippen MR) is 89.2 cm³/mol. The highest BCUT2D eigenvalue weighted by molar-refractivity contribution is 6.37. The topological polar surface area (TPSA) is 37.8 Å². The summed E-state index contributed by atoms with van der Waals surface area (Å²) in [5, 5.41) is 5.20. The maximum Gasteiger partial charge on any atom is 0.145 e. The molecule has 1 N–H and O–H groups in total. The number of pyridine rings is 2. The zero-order valence-corrected chi connectivity index (χ0v) is 12.9. The van der Waals surface area contributed by atoms with Crippen molar-refractivity contribution >= 4 is 39.9 Å². The molecule has 5 heteroatoms. The highest BCUT2D eigenvalue weighted by atomic mass is 35.5.